The third-order valence-corrected chi connectivity index (χ3v) is 5.21. The molecule has 3 aromatic carbocycles. The molecule has 2 nitrogen and oxygen atoms in total. The number of rotatable bonds is 3. The zero-order valence-electron chi connectivity index (χ0n) is 13.7. The lowest BCUT2D eigenvalue weighted by Gasteiger charge is -2.36. The summed E-state index contributed by atoms with van der Waals surface area (Å²) in [5.41, 5.74) is 3.22. The summed E-state index contributed by atoms with van der Waals surface area (Å²) >= 11 is 0. The normalized spacial score (nSPS) is 17.7. The molecule has 25 heavy (non-hydrogen) atoms. The monoisotopic (exact) mass is 323 g/mol. The third-order valence-electron chi connectivity index (χ3n) is 5.21. The molecule has 1 atom stereocenters. The molecule has 120 valence electrons. The molecular formula is C23H17NO. The lowest BCUT2D eigenvalue weighted by atomic mass is 9.64. The molecule has 0 radical (unpaired) electrons. The standard InChI is InChI=1S/C23H17NO/c24-16-15-21-22(25)19-13-7-8-14-20(19)23(21,17-9-3-1-4-10-17)18-11-5-2-6-12-18/h1-14,21H,15H2. The smallest absolute Gasteiger partial charge is 0.168 e. The largest absolute Gasteiger partial charge is 0.294 e. The van der Waals surface area contributed by atoms with Crippen LogP contribution >= 0.6 is 0 Å². The summed E-state index contributed by atoms with van der Waals surface area (Å²) in [6.45, 7) is 0. The Morgan fingerprint density at radius 2 is 1.32 bits per heavy atom. The van der Waals surface area contributed by atoms with Gasteiger partial charge in [-0.05, 0) is 16.7 Å². The molecule has 0 bridgehead atoms. The minimum Gasteiger partial charge on any atom is -0.294 e. The van der Waals surface area contributed by atoms with Crippen molar-refractivity contribution in [3.63, 3.8) is 0 Å². The average Bonchev–Trinajstić information content (AvgIpc) is 2.93. The van der Waals surface area contributed by atoms with Gasteiger partial charge in [-0.2, -0.15) is 5.26 Å². The Morgan fingerprint density at radius 1 is 0.800 bits per heavy atom. The first-order chi connectivity index (χ1) is 12.3. The predicted molar refractivity (Wildman–Crippen MR) is 97.3 cm³/mol. The summed E-state index contributed by atoms with van der Waals surface area (Å²) < 4.78 is 0. The van der Waals surface area contributed by atoms with E-state index in [1.165, 1.54) is 0 Å². The van der Waals surface area contributed by atoms with Crippen molar-refractivity contribution in [3.05, 3.63) is 107 Å². The van der Waals surface area contributed by atoms with E-state index in [1.54, 1.807) is 0 Å². The Kier molecular flexibility index (Phi) is 3.71. The Bertz CT molecular complexity index is 915. The van der Waals surface area contributed by atoms with Crippen LogP contribution in [-0.2, 0) is 5.41 Å². The van der Waals surface area contributed by atoms with Gasteiger partial charge in [0, 0.05) is 12.0 Å². The molecule has 2 heteroatoms. The molecule has 1 unspecified atom stereocenters. The van der Waals surface area contributed by atoms with Crippen LogP contribution < -0.4 is 0 Å². The molecule has 4 rings (SSSR count). The fraction of sp³-hybridized carbons (Fsp3) is 0.130. The van der Waals surface area contributed by atoms with Gasteiger partial charge in [0.25, 0.3) is 0 Å². The van der Waals surface area contributed by atoms with Crippen molar-refractivity contribution in [2.75, 3.05) is 0 Å². The van der Waals surface area contributed by atoms with Crippen LogP contribution in [0.5, 0.6) is 0 Å². The summed E-state index contributed by atoms with van der Waals surface area (Å²) in [7, 11) is 0. The fourth-order valence-electron chi connectivity index (χ4n) is 4.23. The topological polar surface area (TPSA) is 40.9 Å². The SMILES string of the molecule is N#CCC1C(=O)c2ccccc2C1(c1ccccc1)c1ccccc1. The van der Waals surface area contributed by atoms with Gasteiger partial charge in [0.1, 0.15) is 0 Å². The highest BCUT2D eigenvalue weighted by Crippen LogP contribution is 2.53. The first-order valence-corrected chi connectivity index (χ1v) is 8.42. The number of hydrogen-bond acceptors (Lipinski definition) is 2. The zero-order valence-corrected chi connectivity index (χ0v) is 13.7. The van der Waals surface area contributed by atoms with Crippen LogP contribution in [0.2, 0.25) is 0 Å². The van der Waals surface area contributed by atoms with E-state index in [2.05, 4.69) is 30.3 Å². The molecule has 0 aromatic heterocycles. The molecule has 0 saturated heterocycles. The molecule has 0 spiro atoms. The van der Waals surface area contributed by atoms with Crippen LogP contribution in [0.3, 0.4) is 0 Å². The van der Waals surface area contributed by atoms with Gasteiger partial charge in [-0.3, -0.25) is 4.79 Å². The number of hydrogen-bond donors (Lipinski definition) is 0. The van der Waals surface area contributed by atoms with Crippen LogP contribution in [0.15, 0.2) is 84.9 Å². The molecule has 0 fully saturated rings. The Labute approximate surface area is 147 Å². The molecule has 0 aliphatic heterocycles. The first kappa shape index (κ1) is 15.4. The van der Waals surface area contributed by atoms with Gasteiger partial charge in [-0.1, -0.05) is 84.9 Å². The number of carbonyl (C=O) groups is 1. The average molecular weight is 323 g/mol. The Balaban J connectivity index is 2.12. The highest BCUT2D eigenvalue weighted by molar-refractivity contribution is 6.06. The van der Waals surface area contributed by atoms with Crippen LogP contribution in [0.25, 0.3) is 0 Å². The van der Waals surface area contributed by atoms with E-state index in [1.807, 2.05) is 60.7 Å². The van der Waals surface area contributed by atoms with Crippen molar-refractivity contribution >= 4 is 5.78 Å². The minimum atomic E-state index is -0.619. The van der Waals surface area contributed by atoms with E-state index in [4.69, 9.17) is 0 Å². The van der Waals surface area contributed by atoms with Gasteiger partial charge >= 0.3 is 0 Å². The van der Waals surface area contributed by atoms with Gasteiger partial charge in [-0.15, -0.1) is 0 Å². The maximum Gasteiger partial charge on any atom is 0.168 e. The first-order valence-electron chi connectivity index (χ1n) is 8.42. The van der Waals surface area contributed by atoms with Gasteiger partial charge in [-0.25, -0.2) is 0 Å². The summed E-state index contributed by atoms with van der Waals surface area (Å²) in [5, 5.41) is 9.45. The van der Waals surface area contributed by atoms with E-state index >= 15 is 0 Å². The number of nitriles is 1. The van der Waals surface area contributed by atoms with E-state index in [0.717, 1.165) is 22.3 Å². The number of Topliss-reactive ketones (excluding diaryl/α,β-unsaturated/α-hetero) is 1. The summed E-state index contributed by atoms with van der Waals surface area (Å²) in [6, 6.07) is 30.2. The van der Waals surface area contributed by atoms with Crippen molar-refractivity contribution in [2.24, 2.45) is 5.92 Å². The lowest BCUT2D eigenvalue weighted by molar-refractivity contribution is 0.0913. The molecule has 3 aromatic rings. The molecular weight excluding hydrogens is 306 g/mol. The zero-order chi connectivity index (χ0) is 17.3. The Hall–Kier alpha value is -3.18. The van der Waals surface area contributed by atoms with Gasteiger partial charge < -0.3 is 0 Å². The van der Waals surface area contributed by atoms with Gasteiger partial charge in [0.2, 0.25) is 0 Å². The fourth-order valence-corrected chi connectivity index (χ4v) is 4.23. The van der Waals surface area contributed by atoms with Crippen molar-refractivity contribution in [3.8, 4) is 6.07 Å². The number of benzene rings is 3. The van der Waals surface area contributed by atoms with E-state index in [-0.39, 0.29) is 12.2 Å². The van der Waals surface area contributed by atoms with Gasteiger partial charge in [0.15, 0.2) is 5.78 Å². The second kappa shape index (κ2) is 6.03. The maximum atomic E-state index is 13.2. The minimum absolute atomic E-state index is 0.0601. The molecule has 0 N–H and O–H groups in total. The van der Waals surface area contributed by atoms with Gasteiger partial charge in [0.05, 0.1) is 17.4 Å². The van der Waals surface area contributed by atoms with Crippen molar-refractivity contribution in [1.82, 2.24) is 0 Å². The Morgan fingerprint density at radius 3 is 1.88 bits per heavy atom. The predicted octanol–water partition coefficient (Wildman–Crippen LogP) is 4.75. The summed E-state index contributed by atoms with van der Waals surface area (Å²) in [5.74, 6) is -0.357. The second-order valence-corrected chi connectivity index (χ2v) is 6.36. The number of ketones is 1. The second-order valence-electron chi connectivity index (χ2n) is 6.36. The van der Waals surface area contributed by atoms with E-state index in [9.17, 15) is 10.1 Å². The lowest BCUT2D eigenvalue weighted by Crippen LogP contribution is -2.36. The van der Waals surface area contributed by atoms with E-state index in [0.29, 0.717) is 0 Å². The quantitative estimate of drug-likeness (QED) is 0.698. The molecule has 0 heterocycles. The highest BCUT2D eigenvalue weighted by atomic mass is 16.1. The van der Waals surface area contributed by atoms with Crippen molar-refractivity contribution in [1.29, 1.82) is 5.26 Å². The van der Waals surface area contributed by atoms with Crippen LogP contribution in [0.4, 0.5) is 0 Å². The summed E-state index contributed by atoms with van der Waals surface area (Å²) in [4.78, 5) is 13.2. The highest BCUT2D eigenvalue weighted by Gasteiger charge is 2.53. The van der Waals surface area contributed by atoms with Crippen molar-refractivity contribution in [2.45, 2.75) is 11.8 Å². The number of fused-ring (bicyclic) bond motifs is 1. The third kappa shape index (κ3) is 2.13. The van der Waals surface area contributed by atoms with Crippen molar-refractivity contribution < 1.29 is 4.79 Å². The number of carbonyl (C=O) groups excluding carboxylic acids is 1. The molecule has 1 aliphatic rings. The van der Waals surface area contributed by atoms with Crippen LogP contribution in [-0.4, -0.2) is 5.78 Å². The molecule has 1 aliphatic carbocycles. The summed E-state index contributed by atoms with van der Waals surface area (Å²) in [6.07, 6.45) is 0.192. The van der Waals surface area contributed by atoms with Crippen LogP contribution in [0.1, 0.15) is 33.5 Å². The molecule has 0 saturated carbocycles. The van der Waals surface area contributed by atoms with E-state index < -0.39 is 11.3 Å². The molecule has 0 amide bonds. The number of nitrogens with zero attached hydrogens (tertiary/aromatic N) is 1. The maximum absolute atomic E-state index is 13.2. The van der Waals surface area contributed by atoms with Crippen LogP contribution in [0, 0.1) is 17.2 Å².